The molecule has 0 unspecified atom stereocenters. The fourth-order valence-electron chi connectivity index (χ4n) is 2.55. The van der Waals surface area contributed by atoms with Crippen molar-refractivity contribution in [3.63, 3.8) is 0 Å². The van der Waals surface area contributed by atoms with E-state index in [0.717, 1.165) is 6.54 Å². The molecule has 1 fully saturated rings. The van der Waals surface area contributed by atoms with Gasteiger partial charge in [-0.25, -0.2) is 0 Å². The van der Waals surface area contributed by atoms with E-state index in [1.54, 1.807) is 7.11 Å². The molecule has 0 saturated heterocycles. The molecule has 0 heterocycles. The Kier molecular flexibility index (Phi) is 9.62. The van der Waals surface area contributed by atoms with Crippen LogP contribution in [-0.2, 0) is 19.0 Å². The van der Waals surface area contributed by atoms with Crippen LogP contribution in [0.2, 0.25) is 0 Å². The molecule has 0 bridgehead atoms. The molecule has 118 valence electrons. The monoisotopic (exact) mass is 287 g/mol. The number of esters is 1. The summed E-state index contributed by atoms with van der Waals surface area (Å²) in [5.41, 5.74) is 0. The molecule has 5 nitrogen and oxygen atoms in total. The van der Waals surface area contributed by atoms with E-state index in [-0.39, 0.29) is 5.97 Å². The third-order valence-electron chi connectivity index (χ3n) is 3.71. The van der Waals surface area contributed by atoms with E-state index < -0.39 is 0 Å². The van der Waals surface area contributed by atoms with Gasteiger partial charge in [-0.3, -0.25) is 9.69 Å². The molecule has 5 heteroatoms. The fourth-order valence-corrected chi connectivity index (χ4v) is 2.55. The molecule has 0 aliphatic heterocycles. The molecule has 0 atom stereocenters. The number of ether oxygens (including phenoxy) is 3. The first-order chi connectivity index (χ1) is 9.77. The smallest absolute Gasteiger partial charge is 0.307 e. The summed E-state index contributed by atoms with van der Waals surface area (Å²) in [6, 6.07) is 0.557. The maximum Gasteiger partial charge on any atom is 0.307 e. The van der Waals surface area contributed by atoms with Crippen molar-refractivity contribution in [3.8, 4) is 0 Å². The van der Waals surface area contributed by atoms with Gasteiger partial charge in [0.2, 0.25) is 0 Å². The number of carbonyl (C=O) groups excluding carboxylic acids is 1. The molecule has 0 aromatic carbocycles. The summed E-state index contributed by atoms with van der Waals surface area (Å²) >= 11 is 0. The van der Waals surface area contributed by atoms with Gasteiger partial charge < -0.3 is 14.2 Å². The van der Waals surface area contributed by atoms with Gasteiger partial charge in [-0.15, -0.1) is 0 Å². The second-order valence-corrected chi connectivity index (χ2v) is 5.19. The normalized spacial score (nSPS) is 16.6. The highest BCUT2D eigenvalue weighted by molar-refractivity contribution is 5.69. The molecule has 1 saturated carbocycles. The molecule has 1 aliphatic carbocycles. The van der Waals surface area contributed by atoms with Gasteiger partial charge in [-0.1, -0.05) is 19.3 Å². The Morgan fingerprint density at radius 1 is 1.20 bits per heavy atom. The van der Waals surface area contributed by atoms with Crippen LogP contribution < -0.4 is 0 Å². The first kappa shape index (κ1) is 17.4. The highest BCUT2D eigenvalue weighted by atomic mass is 16.6. The largest absolute Gasteiger partial charge is 0.463 e. The van der Waals surface area contributed by atoms with Crippen LogP contribution in [0.15, 0.2) is 0 Å². The third-order valence-corrected chi connectivity index (χ3v) is 3.71. The Bertz CT molecular complexity index is 254. The van der Waals surface area contributed by atoms with E-state index in [1.807, 2.05) is 6.92 Å². The lowest BCUT2D eigenvalue weighted by molar-refractivity contribution is -0.145. The van der Waals surface area contributed by atoms with E-state index in [1.165, 1.54) is 32.1 Å². The predicted octanol–water partition coefficient (Wildman–Crippen LogP) is 2.19. The number of carbonyl (C=O) groups is 1. The fraction of sp³-hybridized carbons (Fsp3) is 0.933. The van der Waals surface area contributed by atoms with Crippen LogP contribution in [0.1, 0.15) is 45.4 Å². The molecule has 0 spiro atoms. The summed E-state index contributed by atoms with van der Waals surface area (Å²) in [7, 11) is 1.60. The Morgan fingerprint density at radius 3 is 2.60 bits per heavy atom. The molecule has 0 aromatic rings. The van der Waals surface area contributed by atoms with Crippen LogP contribution in [0.4, 0.5) is 0 Å². The summed E-state index contributed by atoms with van der Waals surface area (Å²) in [5, 5.41) is 0. The highest BCUT2D eigenvalue weighted by Crippen LogP contribution is 2.22. The SMILES string of the molecule is CCOCN(CCC(=O)OCCOC)C1CCCCC1. The van der Waals surface area contributed by atoms with Crippen molar-refractivity contribution in [2.24, 2.45) is 0 Å². The third kappa shape index (κ3) is 7.22. The van der Waals surface area contributed by atoms with E-state index >= 15 is 0 Å². The average molecular weight is 287 g/mol. The summed E-state index contributed by atoms with van der Waals surface area (Å²) < 4.78 is 15.5. The topological polar surface area (TPSA) is 48.0 Å². The van der Waals surface area contributed by atoms with Gasteiger partial charge in [0.1, 0.15) is 6.61 Å². The highest BCUT2D eigenvalue weighted by Gasteiger charge is 2.21. The molecule has 20 heavy (non-hydrogen) atoms. The summed E-state index contributed by atoms with van der Waals surface area (Å²) in [4.78, 5) is 13.9. The van der Waals surface area contributed by atoms with E-state index in [4.69, 9.17) is 14.2 Å². The van der Waals surface area contributed by atoms with Crippen LogP contribution in [0.25, 0.3) is 0 Å². The minimum absolute atomic E-state index is 0.153. The number of nitrogens with zero attached hydrogens (tertiary/aromatic N) is 1. The molecule has 0 radical (unpaired) electrons. The van der Waals surface area contributed by atoms with Crippen LogP contribution in [0.3, 0.4) is 0 Å². The quantitative estimate of drug-likeness (QED) is 0.350. The van der Waals surface area contributed by atoms with Gasteiger partial charge in [0, 0.05) is 26.3 Å². The molecular weight excluding hydrogens is 258 g/mol. The number of methoxy groups -OCH3 is 1. The van der Waals surface area contributed by atoms with Gasteiger partial charge in [-0.2, -0.15) is 0 Å². The maximum atomic E-state index is 11.6. The Balaban J connectivity index is 2.29. The average Bonchev–Trinajstić information content (AvgIpc) is 2.48. The Hall–Kier alpha value is -0.650. The van der Waals surface area contributed by atoms with Crippen molar-refractivity contribution in [1.82, 2.24) is 4.90 Å². The zero-order valence-electron chi connectivity index (χ0n) is 12.9. The zero-order valence-corrected chi connectivity index (χ0v) is 12.9. The zero-order chi connectivity index (χ0) is 14.6. The molecule has 0 aromatic heterocycles. The number of hydrogen-bond donors (Lipinski definition) is 0. The minimum Gasteiger partial charge on any atom is -0.463 e. The first-order valence-corrected chi connectivity index (χ1v) is 7.74. The summed E-state index contributed by atoms with van der Waals surface area (Å²) in [6.45, 7) is 4.84. The lowest BCUT2D eigenvalue weighted by Crippen LogP contribution is -2.40. The molecule has 1 rings (SSSR count). The van der Waals surface area contributed by atoms with Gasteiger partial charge in [0.25, 0.3) is 0 Å². The second kappa shape index (κ2) is 11.1. The van der Waals surface area contributed by atoms with E-state index in [0.29, 0.717) is 39.0 Å². The van der Waals surface area contributed by atoms with Crippen LogP contribution >= 0.6 is 0 Å². The molecule has 0 amide bonds. The summed E-state index contributed by atoms with van der Waals surface area (Å²) in [6.07, 6.45) is 6.75. The van der Waals surface area contributed by atoms with Crippen LogP contribution in [-0.4, -0.2) is 57.1 Å². The van der Waals surface area contributed by atoms with Gasteiger partial charge in [0.15, 0.2) is 0 Å². The van der Waals surface area contributed by atoms with Crippen LogP contribution in [0.5, 0.6) is 0 Å². The van der Waals surface area contributed by atoms with Crippen molar-refractivity contribution >= 4 is 5.97 Å². The molecular formula is C15H29NO4. The van der Waals surface area contributed by atoms with Gasteiger partial charge in [-0.05, 0) is 19.8 Å². The minimum atomic E-state index is -0.153. The van der Waals surface area contributed by atoms with Gasteiger partial charge >= 0.3 is 5.97 Å². The standard InChI is InChI=1S/C15H29NO4/c1-3-19-13-16(14-7-5-4-6-8-14)10-9-15(17)20-12-11-18-2/h14H,3-13H2,1-2H3. The molecule has 1 aliphatic rings. The van der Waals surface area contributed by atoms with Crippen molar-refractivity contribution < 1.29 is 19.0 Å². The van der Waals surface area contributed by atoms with Gasteiger partial charge in [0.05, 0.1) is 19.8 Å². The van der Waals surface area contributed by atoms with Crippen molar-refractivity contribution in [2.45, 2.75) is 51.5 Å². The lowest BCUT2D eigenvalue weighted by atomic mass is 9.94. The second-order valence-electron chi connectivity index (χ2n) is 5.19. The van der Waals surface area contributed by atoms with Crippen molar-refractivity contribution in [2.75, 3.05) is 40.2 Å². The van der Waals surface area contributed by atoms with E-state index in [9.17, 15) is 4.79 Å². The first-order valence-electron chi connectivity index (χ1n) is 7.74. The van der Waals surface area contributed by atoms with Crippen molar-refractivity contribution in [1.29, 1.82) is 0 Å². The molecule has 0 N–H and O–H groups in total. The summed E-state index contributed by atoms with van der Waals surface area (Å²) in [5.74, 6) is -0.153. The maximum absolute atomic E-state index is 11.6. The number of rotatable bonds is 10. The van der Waals surface area contributed by atoms with Crippen molar-refractivity contribution in [3.05, 3.63) is 0 Å². The predicted molar refractivity (Wildman–Crippen MR) is 77.5 cm³/mol. The lowest BCUT2D eigenvalue weighted by Gasteiger charge is -2.33. The van der Waals surface area contributed by atoms with Crippen LogP contribution in [0, 0.1) is 0 Å². The Morgan fingerprint density at radius 2 is 1.95 bits per heavy atom. The van der Waals surface area contributed by atoms with E-state index in [2.05, 4.69) is 4.90 Å². The Labute approximate surface area is 122 Å². The number of hydrogen-bond acceptors (Lipinski definition) is 5.